The van der Waals surface area contributed by atoms with E-state index in [0.29, 0.717) is 0 Å². The maximum Gasteiger partial charge on any atom is 0.0780 e. The lowest BCUT2D eigenvalue weighted by Crippen LogP contribution is -1.87. The van der Waals surface area contributed by atoms with E-state index in [1.165, 1.54) is 10.8 Å². The largest absolute Gasteiger partial charge is 0.256 e. The number of fused-ring (bicyclic) bond motifs is 1. The van der Waals surface area contributed by atoms with Crippen LogP contribution in [0, 0.1) is 0 Å². The van der Waals surface area contributed by atoms with Gasteiger partial charge in [-0.25, -0.2) is 0 Å². The highest BCUT2D eigenvalue weighted by molar-refractivity contribution is 5.94. The number of nitrogens with zero attached hydrogens (tertiary/aromatic N) is 2. The zero-order valence-corrected chi connectivity index (χ0v) is 16.4. The van der Waals surface area contributed by atoms with Gasteiger partial charge in [-0.15, -0.1) is 0 Å². The number of rotatable bonds is 4. The average molecular weight is 384 g/mol. The molecule has 0 amide bonds. The molecule has 0 saturated carbocycles. The molecule has 2 nitrogen and oxygen atoms in total. The highest BCUT2D eigenvalue weighted by Crippen LogP contribution is 2.28. The van der Waals surface area contributed by atoms with Gasteiger partial charge < -0.3 is 0 Å². The molecule has 0 saturated heterocycles. The molecule has 0 atom stereocenters. The predicted octanol–water partition coefficient (Wildman–Crippen LogP) is 7.13. The Morgan fingerprint density at radius 1 is 0.600 bits per heavy atom. The van der Waals surface area contributed by atoms with Crippen molar-refractivity contribution in [3.8, 4) is 22.5 Å². The molecule has 0 aliphatic carbocycles. The van der Waals surface area contributed by atoms with Gasteiger partial charge in [0.25, 0.3) is 0 Å². The van der Waals surface area contributed by atoms with Crippen molar-refractivity contribution in [3.05, 3.63) is 121 Å². The Morgan fingerprint density at radius 2 is 1.47 bits per heavy atom. The molecule has 0 unspecified atom stereocenters. The van der Waals surface area contributed by atoms with E-state index in [1.54, 1.807) is 0 Å². The first kappa shape index (κ1) is 18.0. The Bertz CT molecular complexity index is 1330. The van der Waals surface area contributed by atoms with E-state index in [1.807, 2.05) is 36.7 Å². The maximum atomic E-state index is 4.66. The van der Waals surface area contributed by atoms with E-state index in [4.69, 9.17) is 0 Å². The first-order valence-electron chi connectivity index (χ1n) is 10.0. The van der Waals surface area contributed by atoms with Gasteiger partial charge in [0.1, 0.15) is 0 Å². The normalized spacial score (nSPS) is 11.2. The Morgan fingerprint density at radius 3 is 2.40 bits per heavy atom. The first-order valence-corrected chi connectivity index (χ1v) is 10.0. The number of hydrogen-bond acceptors (Lipinski definition) is 2. The van der Waals surface area contributed by atoms with Crippen molar-refractivity contribution in [2.24, 2.45) is 0 Å². The second-order valence-corrected chi connectivity index (χ2v) is 7.14. The summed E-state index contributed by atoms with van der Waals surface area (Å²) in [6.45, 7) is 0. The second-order valence-electron chi connectivity index (χ2n) is 7.14. The van der Waals surface area contributed by atoms with E-state index in [0.717, 1.165) is 33.6 Å². The van der Waals surface area contributed by atoms with Gasteiger partial charge in [0, 0.05) is 28.9 Å². The van der Waals surface area contributed by atoms with Crippen LogP contribution in [0.5, 0.6) is 0 Å². The van der Waals surface area contributed by atoms with E-state index < -0.39 is 0 Å². The van der Waals surface area contributed by atoms with Crippen molar-refractivity contribution in [2.45, 2.75) is 0 Å². The molecule has 30 heavy (non-hydrogen) atoms. The Kier molecular flexibility index (Phi) is 4.89. The molecule has 0 spiro atoms. The van der Waals surface area contributed by atoms with Gasteiger partial charge >= 0.3 is 0 Å². The van der Waals surface area contributed by atoms with Crippen LogP contribution in [0.2, 0.25) is 0 Å². The fourth-order valence-electron chi connectivity index (χ4n) is 3.72. The minimum atomic E-state index is 0.978. The lowest BCUT2D eigenvalue weighted by atomic mass is 10.0. The SMILES string of the molecule is C(=Cc1ccccc1-c1ccccn1)c1cccc(-c2nccc3ccccc23)c1. The number of hydrogen-bond donors (Lipinski definition) is 0. The Balaban J connectivity index is 1.51. The summed E-state index contributed by atoms with van der Waals surface area (Å²) in [5, 5.41) is 2.37. The van der Waals surface area contributed by atoms with Gasteiger partial charge in [0.2, 0.25) is 0 Å². The molecule has 2 aromatic heterocycles. The molecule has 0 aliphatic heterocycles. The van der Waals surface area contributed by atoms with E-state index in [2.05, 4.69) is 94.9 Å². The lowest BCUT2D eigenvalue weighted by Gasteiger charge is -2.07. The van der Waals surface area contributed by atoms with Gasteiger partial charge in [0.05, 0.1) is 11.4 Å². The van der Waals surface area contributed by atoms with Crippen LogP contribution in [0.3, 0.4) is 0 Å². The fraction of sp³-hybridized carbons (Fsp3) is 0. The summed E-state index contributed by atoms with van der Waals surface area (Å²) in [6, 6.07) is 33.3. The molecular weight excluding hydrogens is 364 g/mol. The predicted molar refractivity (Wildman–Crippen MR) is 126 cm³/mol. The first-order chi connectivity index (χ1) is 14.9. The molecule has 0 N–H and O–H groups in total. The van der Waals surface area contributed by atoms with Crippen molar-refractivity contribution >= 4 is 22.9 Å². The fourth-order valence-corrected chi connectivity index (χ4v) is 3.72. The van der Waals surface area contributed by atoms with Gasteiger partial charge in [-0.3, -0.25) is 9.97 Å². The van der Waals surface area contributed by atoms with Gasteiger partial charge in [-0.1, -0.05) is 84.9 Å². The monoisotopic (exact) mass is 384 g/mol. The van der Waals surface area contributed by atoms with Crippen LogP contribution >= 0.6 is 0 Å². The van der Waals surface area contributed by atoms with Gasteiger partial charge in [-0.2, -0.15) is 0 Å². The second kappa shape index (κ2) is 8.14. The zero-order chi connectivity index (χ0) is 20.2. The van der Waals surface area contributed by atoms with Crippen molar-refractivity contribution in [1.29, 1.82) is 0 Å². The van der Waals surface area contributed by atoms with Crippen molar-refractivity contribution in [2.75, 3.05) is 0 Å². The molecule has 0 radical (unpaired) electrons. The summed E-state index contributed by atoms with van der Waals surface area (Å²) in [7, 11) is 0. The Labute approximate surface area is 176 Å². The Hall–Kier alpha value is -4.04. The zero-order valence-electron chi connectivity index (χ0n) is 16.4. The standard InChI is InChI=1S/C28H20N2/c1-3-12-25(27-14-5-6-18-29-27)22(9-1)16-15-21-8-7-11-24(20-21)28-26-13-4-2-10-23(26)17-19-30-28/h1-20H. The molecule has 2 heterocycles. The van der Waals surface area contributed by atoms with Crippen molar-refractivity contribution in [3.63, 3.8) is 0 Å². The van der Waals surface area contributed by atoms with Crippen LogP contribution < -0.4 is 0 Å². The van der Waals surface area contributed by atoms with E-state index in [-0.39, 0.29) is 0 Å². The molecule has 0 bridgehead atoms. The molecule has 5 aromatic rings. The number of benzene rings is 3. The van der Waals surface area contributed by atoms with Crippen molar-refractivity contribution in [1.82, 2.24) is 9.97 Å². The van der Waals surface area contributed by atoms with Crippen LogP contribution in [0.1, 0.15) is 11.1 Å². The molecule has 3 aromatic carbocycles. The summed E-state index contributed by atoms with van der Waals surface area (Å²) in [6.07, 6.45) is 8.01. The van der Waals surface area contributed by atoms with Gasteiger partial charge in [-0.05, 0) is 40.8 Å². The molecule has 2 heteroatoms. The topological polar surface area (TPSA) is 25.8 Å². The van der Waals surface area contributed by atoms with Gasteiger partial charge in [0.15, 0.2) is 0 Å². The van der Waals surface area contributed by atoms with Crippen LogP contribution in [0.15, 0.2) is 109 Å². The number of aromatic nitrogens is 2. The minimum Gasteiger partial charge on any atom is -0.256 e. The average Bonchev–Trinajstić information content (AvgIpc) is 2.83. The summed E-state index contributed by atoms with van der Waals surface area (Å²) >= 11 is 0. The molecular formula is C28H20N2. The quantitative estimate of drug-likeness (QED) is 0.308. The molecule has 0 aliphatic rings. The summed E-state index contributed by atoms with van der Waals surface area (Å²) < 4.78 is 0. The summed E-state index contributed by atoms with van der Waals surface area (Å²) in [5.41, 5.74) is 6.51. The van der Waals surface area contributed by atoms with E-state index in [9.17, 15) is 0 Å². The lowest BCUT2D eigenvalue weighted by molar-refractivity contribution is 1.32. The summed E-state index contributed by atoms with van der Waals surface area (Å²) in [4.78, 5) is 9.16. The van der Waals surface area contributed by atoms with E-state index >= 15 is 0 Å². The minimum absolute atomic E-state index is 0.978. The highest BCUT2D eigenvalue weighted by atomic mass is 14.7. The molecule has 5 rings (SSSR count). The highest BCUT2D eigenvalue weighted by Gasteiger charge is 2.06. The van der Waals surface area contributed by atoms with Crippen LogP contribution in [-0.4, -0.2) is 9.97 Å². The van der Waals surface area contributed by atoms with Crippen LogP contribution in [0.25, 0.3) is 45.4 Å². The third-order valence-corrected chi connectivity index (χ3v) is 5.19. The summed E-state index contributed by atoms with van der Waals surface area (Å²) in [5.74, 6) is 0. The number of pyridine rings is 2. The molecule has 142 valence electrons. The van der Waals surface area contributed by atoms with Crippen LogP contribution in [0.4, 0.5) is 0 Å². The van der Waals surface area contributed by atoms with Crippen LogP contribution in [-0.2, 0) is 0 Å². The maximum absolute atomic E-state index is 4.66. The molecule has 0 fully saturated rings. The van der Waals surface area contributed by atoms with Crippen molar-refractivity contribution < 1.29 is 0 Å². The third kappa shape index (κ3) is 3.63. The third-order valence-electron chi connectivity index (χ3n) is 5.19. The smallest absolute Gasteiger partial charge is 0.0780 e.